The Morgan fingerprint density at radius 1 is 1.06 bits per heavy atom. The van der Waals surface area contributed by atoms with Crippen LogP contribution in [0.1, 0.15) is 29.3 Å². The van der Waals surface area contributed by atoms with Gasteiger partial charge in [-0.3, -0.25) is 0 Å². The molecule has 186 valence electrons. The number of thiophene rings is 1. The standard InChI is InChI=1S/C25H21ClF3N5OS/c1-13-2-9-20-17(10-13)21-22(30-12-31-23(21)36-20)32-14-3-5-15(6-4-14)33-24(35)34-16-7-8-19(26)18(11-16)25(27,28)29/h3-8,11-13H,2,9-10H2,1H3,(H,30,31,32)(H2,33,34,35). The molecule has 1 aliphatic rings. The van der Waals surface area contributed by atoms with E-state index < -0.39 is 22.8 Å². The number of benzene rings is 2. The highest BCUT2D eigenvalue weighted by molar-refractivity contribution is 7.19. The Morgan fingerprint density at radius 3 is 2.50 bits per heavy atom. The van der Waals surface area contributed by atoms with Crippen molar-refractivity contribution >= 4 is 62.1 Å². The normalized spacial score (nSPS) is 15.4. The predicted molar refractivity (Wildman–Crippen MR) is 137 cm³/mol. The van der Waals surface area contributed by atoms with Gasteiger partial charge in [0.2, 0.25) is 0 Å². The summed E-state index contributed by atoms with van der Waals surface area (Å²) < 4.78 is 39.1. The van der Waals surface area contributed by atoms with Gasteiger partial charge < -0.3 is 16.0 Å². The molecule has 0 saturated carbocycles. The van der Waals surface area contributed by atoms with Crippen molar-refractivity contribution in [2.75, 3.05) is 16.0 Å². The minimum Gasteiger partial charge on any atom is -0.340 e. The van der Waals surface area contributed by atoms with Crippen LogP contribution in [0.15, 0.2) is 48.8 Å². The monoisotopic (exact) mass is 531 g/mol. The molecular weight excluding hydrogens is 511 g/mol. The molecule has 11 heteroatoms. The number of anilines is 4. The summed E-state index contributed by atoms with van der Waals surface area (Å²) in [6.07, 6.45) is 0.182. The number of halogens is 4. The Bertz CT molecular complexity index is 1440. The molecule has 1 unspecified atom stereocenters. The van der Waals surface area contributed by atoms with Crippen LogP contribution in [0.2, 0.25) is 5.02 Å². The van der Waals surface area contributed by atoms with Crippen LogP contribution in [0.4, 0.5) is 40.8 Å². The summed E-state index contributed by atoms with van der Waals surface area (Å²) in [5.74, 6) is 1.36. The van der Waals surface area contributed by atoms with E-state index in [1.807, 2.05) is 0 Å². The Kier molecular flexibility index (Phi) is 6.48. The first-order valence-corrected chi connectivity index (χ1v) is 12.4. The molecule has 0 aliphatic heterocycles. The molecule has 4 aromatic rings. The molecule has 1 aliphatic carbocycles. The number of rotatable bonds is 4. The molecule has 36 heavy (non-hydrogen) atoms. The second kappa shape index (κ2) is 9.59. The zero-order valence-corrected chi connectivity index (χ0v) is 20.6. The number of fused-ring (bicyclic) bond motifs is 3. The van der Waals surface area contributed by atoms with E-state index in [9.17, 15) is 18.0 Å². The van der Waals surface area contributed by atoms with Gasteiger partial charge >= 0.3 is 12.2 Å². The summed E-state index contributed by atoms with van der Waals surface area (Å²) >= 11 is 7.35. The highest BCUT2D eigenvalue weighted by Gasteiger charge is 2.33. The van der Waals surface area contributed by atoms with Crippen molar-refractivity contribution in [3.05, 3.63) is 69.8 Å². The van der Waals surface area contributed by atoms with E-state index in [-0.39, 0.29) is 5.69 Å². The van der Waals surface area contributed by atoms with Crippen molar-refractivity contribution in [1.29, 1.82) is 0 Å². The molecule has 0 saturated heterocycles. The second-order valence-corrected chi connectivity index (χ2v) is 10.2. The summed E-state index contributed by atoms with van der Waals surface area (Å²) in [6.45, 7) is 2.26. The lowest BCUT2D eigenvalue weighted by Crippen LogP contribution is -2.19. The molecule has 3 N–H and O–H groups in total. The third kappa shape index (κ3) is 5.10. The number of alkyl halides is 3. The molecule has 0 bridgehead atoms. The number of nitrogens with zero attached hydrogens (tertiary/aromatic N) is 2. The van der Waals surface area contributed by atoms with E-state index in [0.717, 1.165) is 46.7 Å². The fourth-order valence-electron chi connectivity index (χ4n) is 4.26. The smallest absolute Gasteiger partial charge is 0.340 e. The summed E-state index contributed by atoms with van der Waals surface area (Å²) in [5, 5.41) is 8.98. The van der Waals surface area contributed by atoms with Crippen molar-refractivity contribution in [1.82, 2.24) is 9.97 Å². The van der Waals surface area contributed by atoms with E-state index >= 15 is 0 Å². The van der Waals surface area contributed by atoms with Gasteiger partial charge in [0.15, 0.2) is 0 Å². The highest BCUT2D eigenvalue weighted by Crippen LogP contribution is 2.40. The van der Waals surface area contributed by atoms with Crippen LogP contribution in [-0.2, 0) is 19.0 Å². The minimum absolute atomic E-state index is 0.0243. The number of hydrogen-bond acceptors (Lipinski definition) is 5. The number of urea groups is 1. The molecule has 2 aromatic carbocycles. The highest BCUT2D eigenvalue weighted by atomic mass is 35.5. The van der Waals surface area contributed by atoms with E-state index in [4.69, 9.17) is 11.6 Å². The number of carbonyl (C=O) groups is 1. The first-order valence-electron chi connectivity index (χ1n) is 11.2. The number of aryl methyl sites for hydroxylation is 1. The van der Waals surface area contributed by atoms with Crippen LogP contribution in [0.5, 0.6) is 0 Å². The maximum absolute atomic E-state index is 13.0. The number of amides is 2. The lowest BCUT2D eigenvalue weighted by atomic mass is 9.88. The summed E-state index contributed by atoms with van der Waals surface area (Å²) in [5.41, 5.74) is 1.53. The number of aromatic nitrogens is 2. The van der Waals surface area contributed by atoms with Crippen molar-refractivity contribution in [3.63, 3.8) is 0 Å². The summed E-state index contributed by atoms with van der Waals surface area (Å²) in [6, 6.07) is 9.46. The van der Waals surface area contributed by atoms with Gasteiger partial charge in [0.1, 0.15) is 17.0 Å². The molecule has 5 rings (SSSR count). The van der Waals surface area contributed by atoms with Crippen molar-refractivity contribution in [2.45, 2.75) is 32.4 Å². The van der Waals surface area contributed by atoms with E-state index in [1.165, 1.54) is 22.9 Å². The average molecular weight is 532 g/mol. The first-order chi connectivity index (χ1) is 17.2. The van der Waals surface area contributed by atoms with Gasteiger partial charge in [-0.25, -0.2) is 14.8 Å². The molecule has 2 aromatic heterocycles. The molecule has 0 fully saturated rings. The van der Waals surface area contributed by atoms with Gasteiger partial charge in [-0.1, -0.05) is 18.5 Å². The van der Waals surface area contributed by atoms with Gasteiger partial charge in [0.05, 0.1) is 16.0 Å². The zero-order valence-electron chi connectivity index (χ0n) is 19.0. The van der Waals surface area contributed by atoms with Crippen LogP contribution < -0.4 is 16.0 Å². The average Bonchev–Trinajstić information content (AvgIpc) is 3.19. The Balaban J connectivity index is 1.28. The van der Waals surface area contributed by atoms with Crippen LogP contribution in [0.3, 0.4) is 0 Å². The maximum Gasteiger partial charge on any atom is 0.417 e. The van der Waals surface area contributed by atoms with E-state index in [1.54, 1.807) is 41.9 Å². The Hall–Kier alpha value is -3.37. The molecule has 1 atom stereocenters. The summed E-state index contributed by atoms with van der Waals surface area (Å²) in [7, 11) is 0. The lowest BCUT2D eigenvalue weighted by Gasteiger charge is -2.18. The van der Waals surface area contributed by atoms with Crippen LogP contribution in [-0.4, -0.2) is 16.0 Å². The van der Waals surface area contributed by atoms with Gasteiger partial charge in [-0.2, -0.15) is 13.2 Å². The molecule has 2 heterocycles. The first kappa shape index (κ1) is 24.3. The zero-order chi connectivity index (χ0) is 25.4. The lowest BCUT2D eigenvalue weighted by molar-refractivity contribution is -0.137. The minimum atomic E-state index is -4.62. The Morgan fingerprint density at radius 2 is 1.75 bits per heavy atom. The van der Waals surface area contributed by atoms with Crippen molar-refractivity contribution in [2.24, 2.45) is 5.92 Å². The fourth-order valence-corrected chi connectivity index (χ4v) is 5.67. The van der Waals surface area contributed by atoms with Crippen LogP contribution in [0.25, 0.3) is 10.2 Å². The molecule has 0 spiro atoms. The van der Waals surface area contributed by atoms with E-state index in [2.05, 4.69) is 32.8 Å². The topological polar surface area (TPSA) is 78.9 Å². The molecule has 6 nitrogen and oxygen atoms in total. The number of hydrogen-bond donors (Lipinski definition) is 3. The molecule has 2 amide bonds. The third-order valence-electron chi connectivity index (χ3n) is 6.02. The number of carbonyl (C=O) groups excluding carboxylic acids is 1. The van der Waals surface area contributed by atoms with Crippen LogP contribution in [0, 0.1) is 5.92 Å². The Labute approximate surface area is 213 Å². The molecule has 0 radical (unpaired) electrons. The van der Waals surface area contributed by atoms with Crippen molar-refractivity contribution < 1.29 is 18.0 Å². The largest absolute Gasteiger partial charge is 0.417 e. The van der Waals surface area contributed by atoms with Gasteiger partial charge in [0, 0.05) is 21.9 Å². The van der Waals surface area contributed by atoms with Gasteiger partial charge in [-0.05, 0) is 73.2 Å². The van der Waals surface area contributed by atoms with Crippen LogP contribution >= 0.6 is 22.9 Å². The predicted octanol–water partition coefficient (Wildman–Crippen LogP) is 7.88. The quantitative estimate of drug-likeness (QED) is 0.250. The SMILES string of the molecule is CC1CCc2sc3ncnc(Nc4ccc(NC(=O)Nc5ccc(Cl)c(C(F)(F)F)c5)cc4)c3c2C1. The van der Waals surface area contributed by atoms with Gasteiger partial charge in [0.25, 0.3) is 0 Å². The van der Waals surface area contributed by atoms with E-state index in [0.29, 0.717) is 11.6 Å². The second-order valence-electron chi connectivity index (χ2n) is 8.73. The molecular formula is C25H21ClF3N5OS. The van der Waals surface area contributed by atoms with Crippen molar-refractivity contribution in [3.8, 4) is 0 Å². The maximum atomic E-state index is 13.0. The third-order valence-corrected chi connectivity index (χ3v) is 7.55. The van der Waals surface area contributed by atoms with Gasteiger partial charge in [-0.15, -0.1) is 11.3 Å². The summed E-state index contributed by atoms with van der Waals surface area (Å²) in [4.78, 5) is 23.6. The fraction of sp³-hybridized carbons (Fsp3) is 0.240. The number of nitrogens with one attached hydrogen (secondary N) is 3.